The predicted octanol–water partition coefficient (Wildman–Crippen LogP) is 1.91. The highest BCUT2D eigenvalue weighted by molar-refractivity contribution is 8.01. The van der Waals surface area contributed by atoms with Crippen LogP contribution in [-0.2, 0) is 0 Å². The molecule has 0 saturated heterocycles. The van der Waals surface area contributed by atoms with Gasteiger partial charge in [-0.05, 0) is 5.80 Å². The summed E-state index contributed by atoms with van der Waals surface area (Å²) in [4.78, 5) is 0. The molecule has 2 unspecified atom stereocenters. The van der Waals surface area contributed by atoms with E-state index in [0.717, 1.165) is 0 Å². The third kappa shape index (κ3) is 4.77. The number of hydrogen-bond acceptors (Lipinski definition) is 0. The van der Waals surface area contributed by atoms with Crippen LogP contribution in [0.5, 0.6) is 0 Å². The molecule has 0 fully saturated rings. The smallest absolute Gasteiger partial charge is 0.0350 e. The molecule has 0 aromatic carbocycles. The van der Waals surface area contributed by atoms with Crippen molar-refractivity contribution >= 4 is 31.9 Å². The first-order valence-electron chi connectivity index (χ1n) is 1.52. The molecule has 0 bridgehead atoms. The lowest BCUT2D eigenvalue weighted by Gasteiger charge is -1.61. The molecule has 0 aromatic rings. The van der Waals surface area contributed by atoms with Gasteiger partial charge in [-0.2, -0.15) is 0 Å². The lowest BCUT2D eigenvalue weighted by Crippen LogP contribution is -1.42. The van der Waals surface area contributed by atoms with Crippen molar-refractivity contribution in [1.29, 1.82) is 0 Å². The van der Waals surface area contributed by atoms with E-state index in [0.29, 0.717) is 0 Å². The van der Waals surface area contributed by atoms with E-state index in [2.05, 4.69) is 18.2 Å². The van der Waals surface area contributed by atoms with Gasteiger partial charge in [0.1, 0.15) is 0 Å². The van der Waals surface area contributed by atoms with Crippen LogP contribution in [-0.4, -0.2) is 5.80 Å². The Hall–Kier alpha value is 0.770. The highest BCUT2D eigenvalue weighted by Crippen LogP contribution is 2.03. The van der Waals surface area contributed by atoms with E-state index in [1.54, 1.807) is 0 Å². The molecular formula is C3H7P3. The van der Waals surface area contributed by atoms with E-state index in [-0.39, 0.29) is 0 Å². The van der Waals surface area contributed by atoms with Gasteiger partial charge in [-0.1, -0.05) is 28.7 Å². The molecule has 0 aromatic heterocycles. The van der Waals surface area contributed by atoms with Crippen LogP contribution >= 0.6 is 26.1 Å². The molecule has 0 aliphatic carbocycles. The summed E-state index contributed by atoms with van der Waals surface area (Å²) in [7, 11) is 6.33. The minimum absolute atomic E-state index is 1.24. The van der Waals surface area contributed by atoms with Crippen molar-refractivity contribution < 1.29 is 0 Å². The maximum Gasteiger partial charge on any atom is -0.0350 e. The minimum atomic E-state index is 1.24. The molecule has 0 saturated carbocycles. The Labute approximate surface area is 44.5 Å². The molecule has 2 atom stereocenters. The van der Waals surface area contributed by atoms with Crippen LogP contribution < -0.4 is 0 Å². The second kappa shape index (κ2) is 5.77. The molecule has 0 aliphatic rings. The minimum Gasteiger partial charge on any atom is -0.114 e. The maximum atomic E-state index is 2.59. The summed E-state index contributed by atoms with van der Waals surface area (Å²) in [5.74, 6) is 3.97. The van der Waals surface area contributed by atoms with Crippen LogP contribution in [0.15, 0.2) is 11.9 Å². The Bertz CT molecular complexity index is 54.4. The van der Waals surface area contributed by atoms with Gasteiger partial charge in [-0.15, -0.1) is 9.24 Å². The van der Waals surface area contributed by atoms with Gasteiger partial charge in [-0.3, -0.25) is 0 Å². The summed E-state index contributed by atoms with van der Waals surface area (Å²) in [5.41, 5.74) is 0. The Kier molecular flexibility index (Phi) is 6.51. The molecule has 0 spiro atoms. The van der Waals surface area contributed by atoms with E-state index in [1.165, 1.54) is 7.89 Å². The quantitative estimate of drug-likeness (QED) is 0.483. The van der Waals surface area contributed by atoms with Gasteiger partial charge in [0.2, 0.25) is 0 Å². The second-order valence-electron chi connectivity index (χ2n) is 0.683. The number of rotatable bonds is 1. The number of hydrogen-bond donors (Lipinski definition) is 0. The average molecular weight is 136 g/mol. The topological polar surface area (TPSA) is 0 Å². The van der Waals surface area contributed by atoms with Crippen LogP contribution in [0.4, 0.5) is 0 Å². The van der Waals surface area contributed by atoms with Crippen molar-refractivity contribution in [2.75, 3.05) is 0 Å². The van der Waals surface area contributed by atoms with Crippen LogP contribution in [0.2, 0.25) is 0 Å². The average Bonchev–Trinajstić information content (AvgIpc) is 1.61. The molecule has 3 heteroatoms. The molecule has 0 nitrogen and oxygen atoms in total. The van der Waals surface area contributed by atoms with E-state index in [9.17, 15) is 0 Å². The Balaban J connectivity index is 3.07. The zero-order valence-corrected chi connectivity index (χ0v) is 6.54. The molecule has 0 aliphatic heterocycles. The van der Waals surface area contributed by atoms with Gasteiger partial charge < -0.3 is 0 Å². The fraction of sp³-hybridized carbons (Fsp3) is 0. The van der Waals surface area contributed by atoms with E-state index in [1.807, 2.05) is 17.7 Å². The Morgan fingerprint density at radius 3 is 2.33 bits per heavy atom. The molecule has 6 heavy (non-hydrogen) atoms. The van der Waals surface area contributed by atoms with E-state index < -0.39 is 0 Å². The van der Waals surface area contributed by atoms with Crippen LogP contribution in [0.1, 0.15) is 0 Å². The summed E-state index contributed by atoms with van der Waals surface area (Å²) in [6, 6.07) is 0. The van der Waals surface area contributed by atoms with Crippen LogP contribution in [0.25, 0.3) is 0 Å². The van der Waals surface area contributed by atoms with Gasteiger partial charge in [0.25, 0.3) is 0 Å². The second-order valence-corrected chi connectivity index (χ2v) is 2.56. The summed E-state index contributed by atoms with van der Waals surface area (Å²) in [6.45, 7) is 0. The van der Waals surface area contributed by atoms with E-state index in [4.69, 9.17) is 0 Å². The number of allylic oxidation sites excluding steroid dienone is 1. The van der Waals surface area contributed by atoms with Gasteiger partial charge in [0, 0.05) is 0 Å². The Morgan fingerprint density at radius 1 is 1.50 bits per heavy atom. The molecule has 0 amide bonds. The van der Waals surface area contributed by atoms with Gasteiger partial charge in [0.05, 0.1) is 0 Å². The lowest BCUT2D eigenvalue weighted by molar-refractivity contribution is 2.48. The Morgan fingerprint density at radius 2 is 2.17 bits per heavy atom. The SMILES string of the molecule is P/C=C\C=P/P. The monoisotopic (exact) mass is 136 g/mol. The molecule has 34 valence electrons. The van der Waals surface area contributed by atoms with Crippen molar-refractivity contribution in [2.45, 2.75) is 0 Å². The van der Waals surface area contributed by atoms with Crippen molar-refractivity contribution in [3.05, 3.63) is 11.9 Å². The highest BCUT2D eigenvalue weighted by Gasteiger charge is 1.49. The first-order chi connectivity index (χ1) is 2.91. The van der Waals surface area contributed by atoms with Gasteiger partial charge >= 0.3 is 0 Å². The van der Waals surface area contributed by atoms with Crippen LogP contribution in [0.3, 0.4) is 0 Å². The fourth-order valence-corrected chi connectivity index (χ4v) is 0.894. The zero-order chi connectivity index (χ0) is 4.83. The summed E-state index contributed by atoms with van der Waals surface area (Å²) in [5, 5.41) is 0. The van der Waals surface area contributed by atoms with Crippen molar-refractivity contribution in [3.8, 4) is 0 Å². The third-order valence-corrected chi connectivity index (χ3v) is 1.37. The normalized spacial score (nSPS) is 11.7. The van der Waals surface area contributed by atoms with Gasteiger partial charge in [-0.25, -0.2) is 0 Å². The zero-order valence-electron chi connectivity index (χ0n) is 3.33. The van der Waals surface area contributed by atoms with Gasteiger partial charge in [0.15, 0.2) is 0 Å². The first kappa shape index (κ1) is 6.77. The molecule has 0 heterocycles. The third-order valence-electron chi connectivity index (χ3n) is 0.283. The standard InChI is InChI=1S/C3H7P3/c4-2-1-3-6-5/h1-3H,4-5H2/b2-1-. The van der Waals surface area contributed by atoms with Crippen molar-refractivity contribution in [1.82, 2.24) is 0 Å². The maximum absolute atomic E-state index is 2.59. The first-order valence-corrected chi connectivity index (χ1v) is 4.77. The van der Waals surface area contributed by atoms with Crippen molar-refractivity contribution in [2.24, 2.45) is 0 Å². The summed E-state index contributed by atoms with van der Waals surface area (Å²) >= 11 is 0. The molecular weight excluding hydrogens is 129 g/mol. The molecule has 0 rings (SSSR count). The predicted molar refractivity (Wildman–Crippen MR) is 41.5 cm³/mol. The summed E-state index contributed by atoms with van der Waals surface area (Å²) < 4.78 is 0. The fourth-order valence-electron chi connectivity index (χ4n) is 0.0994. The summed E-state index contributed by atoms with van der Waals surface area (Å²) in [6.07, 6.45) is 1.99. The van der Waals surface area contributed by atoms with Crippen molar-refractivity contribution in [3.63, 3.8) is 0 Å². The molecule has 0 N–H and O–H groups in total. The highest BCUT2D eigenvalue weighted by atomic mass is 32.0. The lowest BCUT2D eigenvalue weighted by atomic mass is 10.8. The van der Waals surface area contributed by atoms with E-state index >= 15 is 0 Å². The van der Waals surface area contributed by atoms with Crippen LogP contribution in [0, 0.1) is 0 Å². The largest absolute Gasteiger partial charge is 0.114 e. The molecule has 0 radical (unpaired) electrons.